The Morgan fingerprint density at radius 3 is 2.06 bits per heavy atom. The molecule has 156 valence electrons. The Balaban J connectivity index is 1.41. The highest BCUT2D eigenvalue weighted by Crippen LogP contribution is 2.39. The predicted octanol–water partition coefficient (Wildman–Crippen LogP) is 6.35. The Kier molecular flexibility index (Phi) is 6.80. The molecule has 2 nitrogen and oxygen atoms in total. The highest BCUT2D eigenvalue weighted by atomic mass is 35.5. The van der Waals surface area contributed by atoms with Crippen LogP contribution in [-0.2, 0) is 10.3 Å². The third-order valence-corrected chi connectivity index (χ3v) is 5.79. The molecule has 1 unspecified atom stereocenters. The van der Waals surface area contributed by atoms with Crippen molar-refractivity contribution in [1.29, 1.82) is 0 Å². The first-order chi connectivity index (χ1) is 15.0. The summed E-state index contributed by atoms with van der Waals surface area (Å²) in [4.78, 5) is 0. The molecule has 1 N–H and O–H groups in total. The van der Waals surface area contributed by atoms with Crippen LogP contribution in [0.2, 0.25) is 10.0 Å². The van der Waals surface area contributed by atoms with E-state index in [0.717, 1.165) is 6.42 Å². The van der Waals surface area contributed by atoms with E-state index >= 15 is 0 Å². The van der Waals surface area contributed by atoms with E-state index in [4.69, 9.17) is 27.9 Å². The number of hydrogen-bond donors (Lipinski definition) is 1. The molecular formula is C27H22Cl2O2. The van der Waals surface area contributed by atoms with Gasteiger partial charge in [-0.05, 0) is 36.2 Å². The standard InChI is InChI=1S/C27H22Cl2O2/c28-25-11-7-23(8-12-25)27(30,24-9-13-26(29)14-10-24)15-4-16-31-19-22-18-21(22)17-20-5-2-1-3-6-20/h1-3,5-14,17,22,30H,16,18-19H2/b21-17+. The summed E-state index contributed by atoms with van der Waals surface area (Å²) in [5.74, 6) is 6.44. The van der Waals surface area contributed by atoms with Gasteiger partial charge in [-0.25, -0.2) is 0 Å². The van der Waals surface area contributed by atoms with Gasteiger partial charge in [-0.15, -0.1) is 0 Å². The summed E-state index contributed by atoms with van der Waals surface area (Å²) < 4.78 is 5.76. The molecule has 3 aromatic carbocycles. The van der Waals surface area contributed by atoms with Gasteiger partial charge in [0.1, 0.15) is 6.61 Å². The van der Waals surface area contributed by atoms with Crippen molar-refractivity contribution in [2.45, 2.75) is 12.0 Å². The fraction of sp³-hybridized carbons (Fsp3) is 0.185. The van der Waals surface area contributed by atoms with Crippen LogP contribution in [0.3, 0.4) is 0 Å². The maximum absolute atomic E-state index is 11.4. The van der Waals surface area contributed by atoms with E-state index in [9.17, 15) is 5.11 Å². The molecule has 0 bridgehead atoms. The molecule has 1 aliphatic carbocycles. The molecule has 0 saturated heterocycles. The van der Waals surface area contributed by atoms with Crippen LogP contribution in [0.5, 0.6) is 0 Å². The maximum atomic E-state index is 11.4. The lowest BCUT2D eigenvalue weighted by molar-refractivity contribution is 0.141. The molecule has 0 aromatic heterocycles. The normalized spacial score (nSPS) is 16.6. The van der Waals surface area contributed by atoms with Crippen molar-refractivity contribution >= 4 is 29.3 Å². The molecule has 1 aliphatic rings. The molecule has 1 atom stereocenters. The molecule has 1 fully saturated rings. The molecule has 0 amide bonds. The van der Waals surface area contributed by atoms with Gasteiger partial charge in [0.2, 0.25) is 0 Å². The molecular weight excluding hydrogens is 427 g/mol. The lowest BCUT2D eigenvalue weighted by atomic mass is 9.87. The van der Waals surface area contributed by atoms with Crippen LogP contribution >= 0.6 is 23.2 Å². The molecule has 4 rings (SSSR count). The smallest absolute Gasteiger partial charge is 0.176 e. The highest BCUT2D eigenvalue weighted by Gasteiger charge is 2.30. The SMILES string of the molecule is OC(C#CCOCC1C/C1=C\c1ccccc1)(c1ccc(Cl)cc1)c1ccc(Cl)cc1. The summed E-state index contributed by atoms with van der Waals surface area (Å²) in [5.41, 5.74) is 2.43. The van der Waals surface area contributed by atoms with Crippen LogP contribution in [-0.4, -0.2) is 18.3 Å². The van der Waals surface area contributed by atoms with Crippen LogP contribution in [0, 0.1) is 17.8 Å². The van der Waals surface area contributed by atoms with Gasteiger partial charge >= 0.3 is 0 Å². The molecule has 31 heavy (non-hydrogen) atoms. The average molecular weight is 449 g/mol. The number of rotatable bonds is 6. The minimum absolute atomic E-state index is 0.249. The monoisotopic (exact) mass is 448 g/mol. The van der Waals surface area contributed by atoms with Crippen molar-refractivity contribution < 1.29 is 9.84 Å². The summed E-state index contributed by atoms with van der Waals surface area (Å²) in [6.45, 7) is 0.881. The molecule has 0 spiro atoms. The number of aliphatic hydroxyl groups is 1. The van der Waals surface area contributed by atoms with Gasteiger partial charge in [0, 0.05) is 27.1 Å². The van der Waals surface area contributed by atoms with Gasteiger partial charge < -0.3 is 9.84 Å². The van der Waals surface area contributed by atoms with Crippen molar-refractivity contribution in [2.75, 3.05) is 13.2 Å². The fourth-order valence-electron chi connectivity index (χ4n) is 3.44. The third-order valence-electron chi connectivity index (χ3n) is 5.28. The zero-order valence-corrected chi connectivity index (χ0v) is 18.4. The van der Waals surface area contributed by atoms with Crippen molar-refractivity contribution in [3.8, 4) is 11.8 Å². The highest BCUT2D eigenvalue weighted by molar-refractivity contribution is 6.30. The summed E-state index contributed by atoms with van der Waals surface area (Å²) in [6, 6.07) is 24.4. The molecule has 3 aromatic rings. The Morgan fingerprint density at radius 2 is 1.48 bits per heavy atom. The second-order valence-electron chi connectivity index (χ2n) is 7.57. The predicted molar refractivity (Wildman–Crippen MR) is 127 cm³/mol. The molecule has 0 radical (unpaired) electrons. The first-order valence-electron chi connectivity index (χ1n) is 10.1. The minimum atomic E-state index is -1.48. The summed E-state index contributed by atoms with van der Waals surface area (Å²) >= 11 is 12.0. The van der Waals surface area contributed by atoms with E-state index in [1.807, 2.05) is 18.2 Å². The van der Waals surface area contributed by atoms with Gasteiger partial charge in [-0.1, -0.05) is 101 Å². The number of halogens is 2. The minimum Gasteiger partial charge on any atom is -0.369 e. The third kappa shape index (κ3) is 5.58. The molecule has 1 saturated carbocycles. The van der Waals surface area contributed by atoms with E-state index < -0.39 is 5.60 Å². The topological polar surface area (TPSA) is 29.5 Å². The Morgan fingerprint density at radius 1 is 0.903 bits per heavy atom. The Bertz CT molecular complexity index is 1060. The molecule has 0 aliphatic heterocycles. The van der Waals surface area contributed by atoms with Crippen molar-refractivity contribution in [3.05, 3.63) is 111 Å². The van der Waals surface area contributed by atoms with Crippen LogP contribution in [0.1, 0.15) is 23.1 Å². The molecule has 4 heteroatoms. The van der Waals surface area contributed by atoms with Gasteiger partial charge in [-0.3, -0.25) is 0 Å². The largest absolute Gasteiger partial charge is 0.369 e. The van der Waals surface area contributed by atoms with E-state index in [0.29, 0.717) is 33.7 Å². The number of benzene rings is 3. The lowest BCUT2D eigenvalue weighted by Crippen LogP contribution is -2.25. The van der Waals surface area contributed by atoms with Gasteiger partial charge in [0.15, 0.2) is 5.60 Å². The number of ether oxygens (including phenoxy) is 1. The van der Waals surface area contributed by atoms with Gasteiger partial charge in [0.25, 0.3) is 0 Å². The van der Waals surface area contributed by atoms with Crippen molar-refractivity contribution in [1.82, 2.24) is 0 Å². The van der Waals surface area contributed by atoms with Gasteiger partial charge in [-0.2, -0.15) is 0 Å². The van der Waals surface area contributed by atoms with Crippen molar-refractivity contribution in [3.63, 3.8) is 0 Å². The summed E-state index contributed by atoms with van der Waals surface area (Å²) in [7, 11) is 0. The molecule has 0 heterocycles. The van der Waals surface area contributed by atoms with E-state index in [1.54, 1.807) is 48.5 Å². The zero-order chi connectivity index (χ0) is 21.7. The van der Waals surface area contributed by atoms with E-state index in [2.05, 4.69) is 30.0 Å². The van der Waals surface area contributed by atoms with Crippen LogP contribution in [0.15, 0.2) is 84.4 Å². The van der Waals surface area contributed by atoms with Crippen LogP contribution in [0.4, 0.5) is 0 Å². The van der Waals surface area contributed by atoms with E-state index in [-0.39, 0.29) is 6.61 Å². The first kappa shape index (κ1) is 21.7. The quantitative estimate of drug-likeness (QED) is 0.351. The van der Waals surface area contributed by atoms with Gasteiger partial charge in [0.05, 0.1) is 6.61 Å². The second kappa shape index (κ2) is 9.73. The maximum Gasteiger partial charge on any atom is 0.176 e. The van der Waals surface area contributed by atoms with Crippen LogP contribution in [0.25, 0.3) is 6.08 Å². The van der Waals surface area contributed by atoms with E-state index in [1.165, 1.54) is 11.1 Å². The second-order valence-corrected chi connectivity index (χ2v) is 8.44. The fourth-order valence-corrected chi connectivity index (χ4v) is 3.69. The summed E-state index contributed by atoms with van der Waals surface area (Å²) in [6.07, 6.45) is 3.28. The lowest BCUT2D eigenvalue weighted by Gasteiger charge is -2.23. The number of hydrogen-bond acceptors (Lipinski definition) is 2. The average Bonchev–Trinajstić information content (AvgIpc) is 3.52. The summed E-state index contributed by atoms with van der Waals surface area (Å²) in [5, 5.41) is 12.6. The Hall–Kier alpha value is -2.54. The zero-order valence-electron chi connectivity index (χ0n) is 16.9. The Labute approximate surface area is 193 Å². The van der Waals surface area contributed by atoms with Crippen molar-refractivity contribution in [2.24, 2.45) is 5.92 Å². The first-order valence-corrected chi connectivity index (χ1v) is 10.9. The van der Waals surface area contributed by atoms with Crippen LogP contribution < -0.4 is 0 Å².